The smallest absolute Gasteiger partial charge is 0.0445 e. The first-order valence-corrected chi connectivity index (χ1v) is 8.00. The molecule has 108 valence electrons. The Hall–Kier alpha value is -1.16. The number of aliphatic hydroxyl groups excluding tert-OH is 1. The average Bonchev–Trinajstić information content (AvgIpc) is 2.93. The Morgan fingerprint density at radius 2 is 1.85 bits per heavy atom. The second kappa shape index (κ2) is 7.58. The molecule has 0 fully saturated rings. The molecule has 0 bridgehead atoms. The molecular formula is C17H23NOS. The third-order valence-corrected chi connectivity index (χ3v) is 4.64. The first-order chi connectivity index (χ1) is 9.70. The molecule has 0 aliphatic carbocycles. The zero-order chi connectivity index (χ0) is 14.4. The summed E-state index contributed by atoms with van der Waals surface area (Å²) in [6.07, 6.45) is 0.814. The lowest BCUT2D eigenvalue weighted by Crippen LogP contribution is -2.33. The van der Waals surface area contributed by atoms with Crippen LogP contribution in [0.2, 0.25) is 0 Å². The lowest BCUT2D eigenvalue weighted by atomic mass is 10.0. The van der Waals surface area contributed by atoms with Crippen LogP contribution in [0.1, 0.15) is 25.1 Å². The highest BCUT2D eigenvalue weighted by Gasteiger charge is 2.12. The molecule has 20 heavy (non-hydrogen) atoms. The van der Waals surface area contributed by atoms with Gasteiger partial charge in [0.1, 0.15) is 0 Å². The molecule has 1 aromatic carbocycles. The fraction of sp³-hybridized carbons (Fsp3) is 0.412. The summed E-state index contributed by atoms with van der Waals surface area (Å²) in [6, 6.07) is 15.2. The standard InChI is InChI=1S/C17H23NOS/c1-13(2)16(10-11-19)18-12-15-8-9-17(20-15)14-6-4-3-5-7-14/h3-9,13,16,18-19H,10-12H2,1-2H3. The zero-order valence-corrected chi connectivity index (χ0v) is 13.0. The van der Waals surface area contributed by atoms with Crippen molar-refractivity contribution in [3.63, 3.8) is 0 Å². The Morgan fingerprint density at radius 3 is 2.50 bits per heavy atom. The van der Waals surface area contributed by atoms with Crippen molar-refractivity contribution in [2.24, 2.45) is 5.92 Å². The SMILES string of the molecule is CC(C)C(CCO)NCc1ccc(-c2ccccc2)s1. The van der Waals surface area contributed by atoms with E-state index >= 15 is 0 Å². The topological polar surface area (TPSA) is 32.3 Å². The summed E-state index contributed by atoms with van der Waals surface area (Å²) in [4.78, 5) is 2.65. The van der Waals surface area contributed by atoms with Gasteiger partial charge in [-0.25, -0.2) is 0 Å². The molecule has 0 radical (unpaired) electrons. The molecule has 2 nitrogen and oxygen atoms in total. The molecule has 0 aliphatic heterocycles. The minimum Gasteiger partial charge on any atom is -0.396 e. The van der Waals surface area contributed by atoms with Gasteiger partial charge in [-0.1, -0.05) is 44.2 Å². The average molecular weight is 289 g/mol. The summed E-state index contributed by atoms with van der Waals surface area (Å²) in [5, 5.41) is 12.6. The molecule has 0 saturated carbocycles. The molecule has 2 aromatic rings. The van der Waals surface area contributed by atoms with Gasteiger partial charge in [-0.05, 0) is 30.0 Å². The number of nitrogens with one attached hydrogen (secondary N) is 1. The fourth-order valence-electron chi connectivity index (χ4n) is 2.27. The number of rotatable bonds is 7. The monoisotopic (exact) mass is 289 g/mol. The Kier molecular flexibility index (Phi) is 5.77. The summed E-state index contributed by atoms with van der Waals surface area (Å²) < 4.78 is 0. The second-order valence-electron chi connectivity index (χ2n) is 5.38. The molecule has 0 saturated heterocycles. The highest BCUT2D eigenvalue weighted by atomic mass is 32.1. The van der Waals surface area contributed by atoms with E-state index in [-0.39, 0.29) is 6.61 Å². The van der Waals surface area contributed by atoms with Crippen LogP contribution in [0.25, 0.3) is 10.4 Å². The quantitative estimate of drug-likeness (QED) is 0.810. The molecule has 1 aromatic heterocycles. The first-order valence-electron chi connectivity index (χ1n) is 7.19. The third-order valence-electron chi connectivity index (χ3n) is 3.50. The molecular weight excluding hydrogens is 266 g/mol. The van der Waals surface area contributed by atoms with Crippen LogP contribution in [0, 0.1) is 5.92 Å². The van der Waals surface area contributed by atoms with E-state index in [0.29, 0.717) is 12.0 Å². The van der Waals surface area contributed by atoms with Gasteiger partial charge in [0.15, 0.2) is 0 Å². The van der Waals surface area contributed by atoms with E-state index < -0.39 is 0 Å². The van der Waals surface area contributed by atoms with E-state index in [4.69, 9.17) is 5.11 Å². The van der Waals surface area contributed by atoms with E-state index in [2.05, 4.69) is 55.6 Å². The van der Waals surface area contributed by atoms with Crippen molar-refractivity contribution in [1.82, 2.24) is 5.32 Å². The first kappa shape index (κ1) is 15.2. The lowest BCUT2D eigenvalue weighted by molar-refractivity contribution is 0.244. The van der Waals surface area contributed by atoms with Gasteiger partial charge in [0.25, 0.3) is 0 Å². The van der Waals surface area contributed by atoms with Crippen molar-refractivity contribution < 1.29 is 5.11 Å². The second-order valence-corrected chi connectivity index (χ2v) is 6.54. The predicted molar refractivity (Wildman–Crippen MR) is 86.9 cm³/mol. The number of benzene rings is 1. The number of thiophene rings is 1. The van der Waals surface area contributed by atoms with Crippen LogP contribution in [0.4, 0.5) is 0 Å². The van der Waals surface area contributed by atoms with Gasteiger partial charge in [0.05, 0.1) is 0 Å². The minimum atomic E-state index is 0.246. The van der Waals surface area contributed by atoms with Crippen molar-refractivity contribution in [2.45, 2.75) is 32.9 Å². The zero-order valence-electron chi connectivity index (χ0n) is 12.2. The van der Waals surface area contributed by atoms with Crippen LogP contribution in [-0.2, 0) is 6.54 Å². The van der Waals surface area contributed by atoms with Crippen molar-refractivity contribution in [3.05, 3.63) is 47.3 Å². The summed E-state index contributed by atoms with van der Waals surface area (Å²) >= 11 is 1.83. The van der Waals surface area contributed by atoms with Gasteiger partial charge in [-0.2, -0.15) is 0 Å². The summed E-state index contributed by atoms with van der Waals surface area (Å²) in [7, 11) is 0. The Bertz CT molecular complexity index is 507. The highest BCUT2D eigenvalue weighted by Crippen LogP contribution is 2.27. The maximum absolute atomic E-state index is 9.10. The fourth-order valence-corrected chi connectivity index (χ4v) is 3.24. The molecule has 0 aliphatic rings. The van der Waals surface area contributed by atoms with Crippen molar-refractivity contribution in [3.8, 4) is 10.4 Å². The van der Waals surface area contributed by atoms with Crippen LogP contribution in [0.5, 0.6) is 0 Å². The Morgan fingerprint density at radius 1 is 1.10 bits per heavy atom. The molecule has 3 heteroatoms. The molecule has 1 unspecified atom stereocenters. The number of hydrogen-bond acceptors (Lipinski definition) is 3. The van der Waals surface area contributed by atoms with Crippen molar-refractivity contribution in [1.29, 1.82) is 0 Å². The van der Waals surface area contributed by atoms with E-state index in [1.807, 2.05) is 17.4 Å². The van der Waals surface area contributed by atoms with Gasteiger partial charge in [0, 0.05) is 28.9 Å². The molecule has 2 rings (SSSR count). The highest BCUT2D eigenvalue weighted by molar-refractivity contribution is 7.15. The molecule has 1 heterocycles. The molecule has 0 amide bonds. The van der Waals surface area contributed by atoms with Crippen molar-refractivity contribution >= 4 is 11.3 Å². The maximum Gasteiger partial charge on any atom is 0.0445 e. The van der Waals surface area contributed by atoms with Crippen molar-refractivity contribution in [2.75, 3.05) is 6.61 Å². The van der Waals surface area contributed by atoms with E-state index in [1.165, 1.54) is 15.3 Å². The molecule has 2 N–H and O–H groups in total. The molecule has 1 atom stereocenters. The normalized spacial score (nSPS) is 12.8. The van der Waals surface area contributed by atoms with Gasteiger partial charge < -0.3 is 10.4 Å². The van der Waals surface area contributed by atoms with Gasteiger partial charge in [-0.15, -0.1) is 11.3 Å². The summed E-state index contributed by atoms with van der Waals surface area (Å²) in [5.74, 6) is 0.538. The Labute approximate surface area is 125 Å². The summed E-state index contributed by atoms with van der Waals surface area (Å²) in [6.45, 7) is 5.50. The van der Waals surface area contributed by atoms with Crippen LogP contribution in [0.3, 0.4) is 0 Å². The largest absolute Gasteiger partial charge is 0.396 e. The van der Waals surface area contributed by atoms with E-state index in [0.717, 1.165) is 13.0 Å². The van der Waals surface area contributed by atoms with Crippen LogP contribution in [-0.4, -0.2) is 17.8 Å². The van der Waals surface area contributed by atoms with E-state index in [9.17, 15) is 0 Å². The third kappa shape index (κ3) is 4.17. The van der Waals surface area contributed by atoms with Gasteiger partial charge >= 0.3 is 0 Å². The maximum atomic E-state index is 9.10. The van der Waals surface area contributed by atoms with Crippen LogP contribution >= 0.6 is 11.3 Å². The Balaban J connectivity index is 1.96. The van der Waals surface area contributed by atoms with E-state index in [1.54, 1.807) is 0 Å². The van der Waals surface area contributed by atoms with Gasteiger partial charge in [-0.3, -0.25) is 0 Å². The van der Waals surface area contributed by atoms with Crippen LogP contribution < -0.4 is 5.32 Å². The van der Waals surface area contributed by atoms with Gasteiger partial charge in [0.2, 0.25) is 0 Å². The number of aliphatic hydroxyl groups is 1. The lowest BCUT2D eigenvalue weighted by Gasteiger charge is -2.21. The van der Waals surface area contributed by atoms with Crippen LogP contribution in [0.15, 0.2) is 42.5 Å². The molecule has 0 spiro atoms. The summed E-state index contributed by atoms with van der Waals surface area (Å²) in [5.41, 5.74) is 1.28. The predicted octanol–water partition coefficient (Wildman–Crippen LogP) is 3.91. The number of hydrogen-bond donors (Lipinski definition) is 2. The minimum absolute atomic E-state index is 0.246.